The van der Waals surface area contributed by atoms with Crippen LogP contribution in [0.15, 0.2) is 35.4 Å². The highest BCUT2D eigenvalue weighted by Crippen LogP contribution is 2.34. The number of nitrogens with zero attached hydrogens (tertiary/aromatic N) is 3. The molecule has 1 fully saturated rings. The summed E-state index contributed by atoms with van der Waals surface area (Å²) in [7, 11) is 1.73. The normalized spacial score (nSPS) is 17.6. The highest BCUT2D eigenvalue weighted by atomic mass is 32.1. The smallest absolute Gasteiger partial charge is 0.259 e. The molecule has 0 aromatic carbocycles. The second-order valence-electron chi connectivity index (χ2n) is 7.50. The molecule has 1 amide bonds. The molecular weight excluding hydrogens is 391 g/mol. The lowest BCUT2D eigenvalue weighted by Gasteiger charge is -2.28. The van der Waals surface area contributed by atoms with E-state index in [2.05, 4.69) is 15.2 Å². The van der Waals surface area contributed by atoms with Crippen LogP contribution >= 0.6 is 11.3 Å². The van der Waals surface area contributed by atoms with Gasteiger partial charge in [0.05, 0.1) is 5.39 Å². The van der Waals surface area contributed by atoms with Crippen LogP contribution in [0.25, 0.3) is 21.2 Å². The number of amides is 1. The van der Waals surface area contributed by atoms with Crippen LogP contribution in [0.4, 0.5) is 10.2 Å². The molecule has 3 aromatic rings. The maximum atomic E-state index is 13.7. The van der Waals surface area contributed by atoms with E-state index in [0.29, 0.717) is 30.7 Å². The van der Waals surface area contributed by atoms with Crippen LogP contribution in [0, 0.1) is 0 Å². The molecule has 29 heavy (non-hydrogen) atoms. The van der Waals surface area contributed by atoms with Gasteiger partial charge in [0, 0.05) is 54.6 Å². The number of alkyl halides is 1. The van der Waals surface area contributed by atoms with Crippen molar-refractivity contribution < 1.29 is 9.18 Å². The lowest BCUT2D eigenvalue weighted by Crippen LogP contribution is -2.35. The molecule has 1 atom stereocenters. The number of aromatic nitrogens is 2. The van der Waals surface area contributed by atoms with E-state index >= 15 is 0 Å². The van der Waals surface area contributed by atoms with E-state index in [0.717, 1.165) is 33.7 Å². The monoisotopic (exact) mass is 414 g/mol. The van der Waals surface area contributed by atoms with Crippen molar-refractivity contribution in [3.8, 4) is 11.1 Å². The first kappa shape index (κ1) is 19.7. The Bertz CT molecular complexity index is 1120. The first-order valence-corrected chi connectivity index (χ1v) is 10.4. The predicted octanol–water partition coefficient (Wildman–Crippen LogP) is 3.55. The molecule has 0 bridgehead atoms. The Morgan fingerprint density at radius 1 is 1.41 bits per heavy atom. The molecular formula is C21H23FN4O2S. The molecule has 0 spiro atoms. The molecule has 1 aliphatic rings. The van der Waals surface area contributed by atoms with Gasteiger partial charge in [-0.05, 0) is 43.1 Å². The molecule has 4 rings (SSSR count). The van der Waals surface area contributed by atoms with Gasteiger partial charge in [0.15, 0.2) is 0 Å². The number of thiophene rings is 1. The molecule has 6 nitrogen and oxygen atoms in total. The third-order valence-electron chi connectivity index (χ3n) is 5.10. The van der Waals surface area contributed by atoms with Gasteiger partial charge in [0.2, 0.25) is 5.91 Å². The fraction of sp³-hybridized carbons (Fsp3) is 0.381. The molecule has 8 heteroatoms. The Labute approximate surface area is 172 Å². The number of carbonyl (C=O) groups is 1. The van der Waals surface area contributed by atoms with E-state index < -0.39 is 6.17 Å². The van der Waals surface area contributed by atoms with E-state index in [-0.39, 0.29) is 11.5 Å². The van der Waals surface area contributed by atoms with E-state index in [4.69, 9.17) is 0 Å². The standard InChI is InChI=1S/C21H23FN4O2S/c1-13(27)24-19-8-14(5-6-23-19)18-12-25(2)21(28)17-9-16(29-20(17)18)11-26-7-3-4-15(22)10-26/h5-6,8-9,12,15H,3-4,7,10-11H2,1-2H3,(H,23,24,27)/t15-/m0/s1. The van der Waals surface area contributed by atoms with Crippen molar-refractivity contribution in [3.63, 3.8) is 0 Å². The van der Waals surface area contributed by atoms with Gasteiger partial charge in [-0.3, -0.25) is 14.5 Å². The molecule has 3 aromatic heterocycles. The zero-order chi connectivity index (χ0) is 20.5. The highest BCUT2D eigenvalue weighted by molar-refractivity contribution is 7.19. The van der Waals surface area contributed by atoms with Crippen LogP contribution in [-0.2, 0) is 18.4 Å². The first-order chi connectivity index (χ1) is 13.9. The number of hydrogen-bond donors (Lipinski definition) is 1. The molecule has 0 radical (unpaired) electrons. The minimum absolute atomic E-state index is 0.0515. The summed E-state index contributed by atoms with van der Waals surface area (Å²) in [5.74, 6) is 0.280. The van der Waals surface area contributed by atoms with Gasteiger partial charge in [-0.25, -0.2) is 9.37 Å². The average molecular weight is 415 g/mol. The minimum atomic E-state index is -0.773. The fourth-order valence-electron chi connectivity index (χ4n) is 3.80. The van der Waals surface area contributed by atoms with Crippen molar-refractivity contribution >= 4 is 33.1 Å². The van der Waals surface area contributed by atoms with Crippen molar-refractivity contribution in [3.05, 3.63) is 45.8 Å². The summed E-state index contributed by atoms with van der Waals surface area (Å²) < 4.78 is 16.2. The Balaban J connectivity index is 1.75. The number of aryl methyl sites for hydroxylation is 1. The highest BCUT2D eigenvalue weighted by Gasteiger charge is 2.21. The average Bonchev–Trinajstić information content (AvgIpc) is 3.08. The maximum absolute atomic E-state index is 13.7. The molecule has 1 aliphatic heterocycles. The largest absolute Gasteiger partial charge is 0.317 e. The number of carbonyl (C=O) groups excluding carboxylic acids is 1. The van der Waals surface area contributed by atoms with Crippen molar-refractivity contribution in [2.45, 2.75) is 32.5 Å². The summed E-state index contributed by atoms with van der Waals surface area (Å²) in [6, 6.07) is 5.60. The second kappa shape index (κ2) is 8.04. The molecule has 0 saturated carbocycles. The number of halogens is 1. The van der Waals surface area contributed by atoms with Gasteiger partial charge < -0.3 is 9.88 Å². The van der Waals surface area contributed by atoms with Gasteiger partial charge in [0.1, 0.15) is 12.0 Å². The van der Waals surface area contributed by atoms with Crippen molar-refractivity contribution in [1.29, 1.82) is 0 Å². The van der Waals surface area contributed by atoms with Crippen molar-refractivity contribution in [2.24, 2.45) is 7.05 Å². The molecule has 1 saturated heterocycles. The summed E-state index contributed by atoms with van der Waals surface area (Å²) in [5, 5.41) is 3.36. The number of likely N-dealkylation sites (tertiary alicyclic amines) is 1. The molecule has 0 unspecified atom stereocenters. The second-order valence-corrected chi connectivity index (χ2v) is 8.64. The van der Waals surface area contributed by atoms with Gasteiger partial charge in [0.25, 0.3) is 5.56 Å². The van der Waals surface area contributed by atoms with E-state index in [1.54, 1.807) is 35.2 Å². The van der Waals surface area contributed by atoms with E-state index in [1.165, 1.54) is 6.92 Å². The Kier molecular flexibility index (Phi) is 5.47. The SMILES string of the molecule is CC(=O)Nc1cc(-c2cn(C)c(=O)c3cc(CN4CCC[C@H](F)C4)sc23)ccn1. The number of nitrogens with one attached hydrogen (secondary N) is 1. The van der Waals surface area contributed by atoms with Crippen LogP contribution in [0.5, 0.6) is 0 Å². The Morgan fingerprint density at radius 3 is 3.00 bits per heavy atom. The number of rotatable bonds is 4. The zero-order valence-corrected chi connectivity index (χ0v) is 17.3. The Hall–Kier alpha value is -2.58. The lowest BCUT2D eigenvalue weighted by molar-refractivity contribution is -0.114. The number of fused-ring (bicyclic) bond motifs is 1. The third-order valence-corrected chi connectivity index (χ3v) is 6.26. The minimum Gasteiger partial charge on any atom is -0.317 e. The van der Waals surface area contributed by atoms with Gasteiger partial charge in [-0.15, -0.1) is 11.3 Å². The van der Waals surface area contributed by atoms with Gasteiger partial charge in [-0.1, -0.05) is 0 Å². The van der Waals surface area contributed by atoms with Crippen LogP contribution < -0.4 is 10.9 Å². The Morgan fingerprint density at radius 2 is 2.24 bits per heavy atom. The number of pyridine rings is 2. The molecule has 4 heterocycles. The number of anilines is 1. The predicted molar refractivity (Wildman–Crippen MR) is 114 cm³/mol. The molecule has 0 aliphatic carbocycles. The number of hydrogen-bond acceptors (Lipinski definition) is 5. The maximum Gasteiger partial charge on any atom is 0.259 e. The van der Waals surface area contributed by atoms with Crippen LogP contribution in [0.3, 0.4) is 0 Å². The summed E-state index contributed by atoms with van der Waals surface area (Å²) in [5.41, 5.74) is 1.73. The quantitative estimate of drug-likeness (QED) is 0.709. The lowest BCUT2D eigenvalue weighted by atomic mass is 10.1. The van der Waals surface area contributed by atoms with Crippen LogP contribution in [0.2, 0.25) is 0 Å². The summed E-state index contributed by atoms with van der Waals surface area (Å²) in [4.78, 5) is 31.4. The summed E-state index contributed by atoms with van der Waals surface area (Å²) in [6.45, 7) is 3.41. The first-order valence-electron chi connectivity index (χ1n) is 9.63. The summed E-state index contributed by atoms with van der Waals surface area (Å²) >= 11 is 1.57. The molecule has 1 N–H and O–H groups in total. The van der Waals surface area contributed by atoms with Crippen molar-refractivity contribution in [1.82, 2.24) is 14.5 Å². The van der Waals surface area contributed by atoms with Gasteiger partial charge in [-0.2, -0.15) is 0 Å². The third kappa shape index (κ3) is 4.23. The van der Waals surface area contributed by atoms with E-state index in [9.17, 15) is 14.0 Å². The summed E-state index contributed by atoms with van der Waals surface area (Å²) in [6.07, 6.45) is 4.18. The number of piperidine rings is 1. The van der Waals surface area contributed by atoms with Crippen LogP contribution in [0.1, 0.15) is 24.6 Å². The van der Waals surface area contributed by atoms with Crippen LogP contribution in [-0.4, -0.2) is 39.6 Å². The van der Waals surface area contributed by atoms with E-state index in [1.807, 2.05) is 18.3 Å². The zero-order valence-electron chi connectivity index (χ0n) is 16.4. The fourth-order valence-corrected chi connectivity index (χ4v) is 5.02. The van der Waals surface area contributed by atoms with Crippen molar-refractivity contribution in [2.75, 3.05) is 18.4 Å². The molecule has 152 valence electrons. The topological polar surface area (TPSA) is 67.2 Å². The van der Waals surface area contributed by atoms with Gasteiger partial charge >= 0.3 is 0 Å².